The molecule has 1 aliphatic carbocycles. The largest absolute Gasteiger partial charge is 0.481 e. The second-order valence-electron chi connectivity index (χ2n) is 8.90. The molecule has 5 rings (SSSR count). The monoisotopic (exact) mass is 450 g/mol. The number of nitrogens with zero attached hydrogens (tertiary/aromatic N) is 2. The molecule has 5 heteroatoms. The first-order valence-corrected chi connectivity index (χ1v) is 11.6. The molecule has 0 bridgehead atoms. The highest BCUT2D eigenvalue weighted by Gasteiger charge is 2.43. The minimum Gasteiger partial charge on any atom is -0.481 e. The normalized spacial score (nSPS) is 16.9. The van der Waals surface area contributed by atoms with Crippen LogP contribution in [0.25, 0.3) is 10.8 Å². The summed E-state index contributed by atoms with van der Waals surface area (Å²) in [6.07, 6.45) is 7.76. The van der Waals surface area contributed by atoms with Gasteiger partial charge in [0.05, 0.1) is 7.11 Å². The molecule has 0 unspecified atom stereocenters. The van der Waals surface area contributed by atoms with Gasteiger partial charge in [0.15, 0.2) is 5.78 Å². The predicted octanol–water partition coefficient (Wildman–Crippen LogP) is 5.37. The van der Waals surface area contributed by atoms with Crippen molar-refractivity contribution < 1.29 is 14.3 Å². The van der Waals surface area contributed by atoms with Crippen molar-refractivity contribution in [2.45, 2.75) is 31.6 Å². The van der Waals surface area contributed by atoms with Crippen LogP contribution in [0.4, 0.5) is 0 Å². The van der Waals surface area contributed by atoms with Gasteiger partial charge in [-0.25, -0.2) is 4.98 Å². The Balaban J connectivity index is 1.15. The lowest BCUT2D eigenvalue weighted by atomic mass is 9.99. The zero-order valence-corrected chi connectivity index (χ0v) is 19.1. The number of ether oxygens (including phenoxy) is 1. The Labute approximate surface area is 198 Å². The standard InChI is InChI=1S/C29H26N2O3/c1-34-29-11-4-19(17-31-29)3-10-27(32)22-8-6-21(7-9-22)25-16-26(25)28(33)15-20-2-5-24-18-30-13-12-23(24)14-20/h2,4-9,11-14,17-18,25-26H,3,10,15-16H2,1H3/t25-,26+/m0/s1. The number of fused-ring (bicyclic) bond motifs is 1. The van der Waals surface area contributed by atoms with Crippen LogP contribution in [-0.4, -0.2) is 28.6 Å². The molecule has 5 nitrogen and oxygen atoms in total. The van der Waals surface area contributed by atoms with Gasteiger partial charge in [0.2, 0.25) is 5.88 Å². The van der Waals surface area contributed by atoms with Crippen molar-refractivity contribution in [2.24, 2.45) is 5.92 Å². The van der Waals surface area contributed by atoms with Crippen molar-refractivity contribution in [1.29, 1.82) is 0 Å². The molecule has 0 radical (unpaired) electrons. The molecule has 2 aromatic carbocycles. The van der Waals surface area contributed by atoms with Gasteiger partial charge in [-0.3, -0.25) is 14.6 Å². The average Bonchev–Trinajstić information content (AvgIpc) is 3.69. The highest BCUT2D eigenvalue weighted by Crippen LogP contribution is 2.48. The molecule has 1 aliphatic rings. The Hall–Kier alpha value is -3.86. The van der Waals surface area contributed by atoms with Gasteiger partial charge in [-0.15, -0.1) is 0 Å². The zero-order valence-electron chi connectivity index (χ0n) is 19.1. The molecule has 170 valence electrons. The lowest BCUT2D eigenvalue weighted by Gasteiger charge is -2.06. The first-order valence-electron chi connectivity index (χ1n) is 11.6. The Kier molecular flexibility index (Phi) is 6.17. The fraction of sp³-hybridized carbons (Fsp3) is 0.241. The van der Waals surface area contributed by atoms with Crippen LogP contribution in [-0.2, 0) is 17.6 Å². The van der Waals surface area contributed by atoms with Crippen LogP contribution < -0.4 is 4.74 Å². The van der Waals surface area contributed by atoms with Crippen LogP contribution in [0.3, 0.4) is 0 Å². The predicted molar refractivity (Wildman–Crippen MR) is 131 cm³/mol. The first-order chi connectivity index (χ1) is 16.6. The molecule has 1 saturated carbocycles. The van der Waals surface area contributed by atoms with Crippen LogP contribution in [0.15, 0.2) is 79.3 Å². The number of pyridine rings is 2. The minimum atomic E-state index is 0.0669. The highest BCUT2D eigenvalue weighted by atomic mass is 16.5. The number of benzene rings is 2. The summed E-state index contributed by atoms with van der Waals surface area (Å²) in [7, 11) is 1.58. The number of carbonyl (C=O) groups is 2. The van der Waals surface area contributed by atoms with Crippen molar-refractivity contribution >= 4 is 22.3 Å². The minimum absolute atomic E-state index is 0.0669. The van der Waals surface area contributed by atoms with Crippen LogP contribution in [0, 0.1) is 5.92 Å². The second-order valence-corrected chi connectivity index (χ2v) is 8.90. The maximum Gasteiger partial charge on any atom is 0.212 e. The molecule has 0 saturated heterocycles. The van der Waals surface area contributed by atoms with Gasteiger partial charge in [-0.05, 0) is 46.9 Å². The maximum absolute atomic E-state index is 12.9. The van der Waals surface area contributed by atoms with Crippen molar-refractivity contribution in [3.63, 3.8) is 0 Å². The molecule has 0 aliphatic heterocycles. The van der Waals surface area contributed by atoms with Gasteiger partial charge in [0.25, 0.3) is 0 Å². The molecule has 1 fully saturated rings. The topological polar surface area (TPSA) is 69.2 Å². The van der Waals surface area contributed by atoms with Crippen LogP contribution in [0.2, 0.25) is 0 Å². The average molecular weight is 451 g/mol. The van der Waals surface area contributed by atoms with E-state index >= 15 is 0 Å². The van der Waals surface area contributed by atoms with E-state index in [1.165, 1.54) is 0 Å². The van der Waals surface area contributed by atoms with Crippen LogP contribution in [0.1, 0.15) is 45.8 Å². The van der Waals surface area contributed by atoms with Crippen molar-refractivity contribution in [2.75, 3.05) is 7.11 Å². The molecule has 0 amide bonds. The maximum atomic E-state index is 12.9. The summed E-state index contributed by atoms with van der Waals surface area (Å²) < 4.78 is 5.07. The van der Waals surface area contributed by atoms with E-state index in [1.807, 2.05) is 54.7 Å². The van der Waals surface area contributed by atoms with Gasteiger partial charge in [-0.2, -0.15) is 0 Å². The van der Waals surface area contributed by atoms with E-state index in [0.717, 1.165) is 33.9 Å². The fourth-order valence-corrected chi connectivity index (χ4v) is 4.49. The van der Waals surface area contributed by atoms with Gasteiger partial charge in [0.1, 0.15) is 5.78 Å². The third kappa shape index (κ3) is 4.88. The van der Waals surface area contributed by atoms with Crippen molar-refractivity contribution in [1.82, 2.24) is 9.97 Å². The summed E-state index contributed by atoms with van der Waals surface area (Å²) in [6, 6.07) is 19.6. The van der Waals surface area contributed by atoms with Crippen LogP contribution >= 0.6 is 0 Å². The number of hydrogen-bond donors (Lipinski definition) is 0. The Morgan fingerprint density at radius 2 is 1.76 bits per heavy atom. The van der Waals surface area contributed by atoms with Gasteiger partial charge < -0.3 is 4.74 Å². The molecule has 0 spiro atoms. The molecule has 34 heavy (non-hydrogen) atoms. The first kappa shape index (κ1) is 22.0. The molecule has 2 aromatic heterocycles. The molecular weight excluding hydrogens is 424 g/mol. The van der Waals surface area contributed by atoms with E-state index in [-0.39, 0.29) is 23.4 Å². The fourth-order valence-electron chi connectivity index (χ4n) is 4.49. The van der Waals surface area contributed by atoms with E-state index in [2.05, 4.69) is 16.0 Å². The molecule has 2 atom stereocenters. The van der Waals surface area contributed by atoms with Crippen LogP contribution in [0.5, 0.6) is 5.88 Å². The van der Waals surface area contributed by atoms with E-state index in [0.29, 0.717) is 30.7 Å². The van der Waals surface area contributed by atoms with E-state index < -0.39 is 0 Å². The van der Waals surface area contributed by atoms with Crippen molar-refractivity contribution in [3.8, 4) is 5.88 Å². The van der Waals surface area contributed by atoms with Gasteiger partial charge >= 0.3 is 0 Å². The third-order valence-electron chi connectivity index (χ3n) is 6.60. The molecule has 4 aromatic rings. The number of ketones is 2. The Morgan fingerprint density at radius 1 is 0.941 bits per heavy atom. The summed E-state index contributed by atoms with van der Waals surface area (Å²) >= 11 is 0. The number of Topliss-reactive ketones (excluding diaryl/α,β-unsaturated/α-hetero) is 2. The Bertz CT molecular complexity index is 1330. The number of carbonyl (C=O) groups excluding carboxylic acids is 2. The van der Waals surface area contributed by atoms with E-state index in [9.17, 15) is 9.59 Å². The highest BCUT2D eigenvalue weighted by molar-refractivity contribution is 5.96. The molecular formula is C29H26N2O3. The lowest BCUT2D eigenvalue weighted by molar-refractivity contribution is -0.119. The third-order valence-corrected chi connectivity index (χ3v) is 6.60. The van der Waals surface area contributed by atoms with Gasteiger partial charge in [0, 0.05) is 54.4 Å². The van der Waals surface area contributed by atoms with Crippen molar-refractivity contribution in [3.05, 3.63) is 102 Å². The number of methoxy groups -OCH3 is 1. The Morgan fingerprint density at radius 3 is 2.53 bits per heavy atom. The molecule has 0 N–H and O–H groups in total. The lowest BCUT2D eigenvalue weighted by Crippen LogP contribution is -2.06. The number of hydrogen-bond acceptors (Lipinski definition) is 5. The zero-order chi connectivity index (χ0) is 23.5. The molecule has 2 heterocycles. The van der Waals surface area contributed by atoms with E-state index in [4.69, 9.17) is 4.74 Å². The number of aromatic nitrogens is 2. The number of rotatable bonds is 9. The summed E-state index contributed by atoms with van der Waals surface area (Å²) in [5.41, 5.74) is 3.90. The smallest absolute Gasteiger partial charge is 0.212 e. The summed E-state index contributed by atoms with van der Waals surface area (Å²) in [5, 5.41) is 2.19. The van der Waals surface area contributed by atoms with Gasteiger partial charge in [-0.1, -0.05) is 48.5 Å². The summed E-state index contributed by atoms with van der Waals surface area (Å²) in [4.78, 5) is 33.8. The summed E-state index contributed by atoms with van der Waals surface area (Å²) in [6.45, 7) is 0. The second kappa shape index (κ2) is 9.56. The quantitative estimate of drug-likeness (QED) is 0.321. The SMILES string of the molecule is COc1ccc(CCC(=O)c2ccc([C@@H]3C[C@H]3C(=O)Cc3ccc4cnccc4c3)cc2)cn1. The van der Waals surface area contributed by atoms with E-state index in [1.54, 1.807) is 25.6 Å². The number of aryl methyl sites for hydroxylation is 1. The summed E-state index contributed by atoms with van der Waals surface area (Å²) in [5.74, 6) is 1.28.